The van der Waals surface area contributed by atoms with E-state index in [0.717, 1.165) is 10.1 Å². The first-order chi connectivity index (χ1) is 14.6. The molecule has 7 nitrogen and oxygen atoms in total. The molecule has 0 spiro atoms. The fourth-order valence-corrected chi connectivity index (χ4v) is 4.01. The van der Waals surface area contributed by atoms with Crippen molar-refractivity contribution >= 4 is 44.3 Å². The van der Waals surface area contributed by atoms with Crippen LogP contribution in [-0.2, 0) is 4.74 Å². The molecule has 8 heteroatoms. The van der Waals surface area contributed by atoms with Gasteiger partial charge in [-0.1, -0.05) is 18.2 Å². The molecular formula is C22H16N2O5S. The zero-order valence-electron chi connectivity index (χ0n) is 15.9. The number of furan rings is 1. The summed E-state index contributed by atoms with van der Waals surface area (Å²) in [5, 5.41) is 12.1. The van der Waals surface area contributed by atoms with Gasteiger partial charge in [0.05, 0.1) is 17.7 Å². The van der Waals surface area contributed by atoms with E-state index in [1.165, 1.54) is 23.5 Å². The number of carbonyl (C=O) groups excluding carboxylic acids is 1. The van der Waals surface area contributed by atoms with E-state index in [9.17, 15) is 14.9 Å². The number of aliphatic imine (C=N–C) groups is 1. The first-order valence-electron chi connectivity index (χ1n) is 9.14. The number of thiophene rings is 1. The summed E-state index contributed by atoms with van der Waals surface area (Å²) in [7, 11) is 0. The minimum Gasteiger partial charge on any atom is -0.462 e. The van der Waals surface area contributed by atoms with Gasteiger partial charge >= 0.3 is 5.97 Å². The SMILES string of the molecule is CCOC(=O)c1c(N=Cc2ccc(-c3ccc([N+](=O)[O-])cc3)o2)sc2ccccc12. The third-order valence-corrected chi connectivity index (χ3v) is 5.43. The summed E-state index contributed by atoms with van der Waals surface area (Å²) in [5.41, 5.74) is 1.17. The van der Waals surface area contributed by atoms with Gasteiger partial charge < -0.3 is 9.15 Å². The summed E-state index contributed by atoms with van der Waals surface area (Å²) in [4.78, 5) is 27.3. The molecule has 0 bridgehead atoms. The lowest BCUT2D eigenvalue weighted by atomic mass is 10.1. The van der Waals surface area contributed by atoms with Gasteiger partial charge in [-0.15, -0.1) is 11.3 Å². The average Bonchev–Trinajstić information content (AvgIpc) is 3.37. The molecule has 4 rings (SSSR count). The Kier molecular flexibility index (Phi) is 5.40. The molecule has 0 N–H and O–H groups in total. The highest BCUT2D eigenvalue weighted by atomic mass is 32.1. The van der Waals surface area contributed by atoms with Gasteiger partial charge in [-0.05, 0) is 37.3 Å². The summed E-state index contributed by atoms with van der Waals surface area (Å²) in [5.74, 6) is 0.650. The molecule has 2 aromatic carbocycles. The minimum atomic E-state index is -0.448. The summed E-state index contributed by atoms with van der Waals surface area (Å²) < 4.78 is 11.9. The lowest BCUT2D eigenvalue weighted by Crippen LogP contribution is -2.03. The van der Waals surface area contributed by atoms with Gasteiger partial charge in [0.15, 0.2) is 0 Å². The number of nitro groups is 1. The number of hydrogen-bond donors (Lipinski definition) is 0. The fourth-order valence-electron chi connectivity index (χ4n) is 2.97. The van der Waals surface area contributed by atoms with Crippen LogP contribution in [0.1, 0.15) is 23.0 Å². The van der Waals surface area contributed by atoms with E-state index in [4.69, 9.17) is 9.15 Å². The van der Waals surface area contributed by atoms with Crippen molar-refractivity contribution in [3.8, 4) is 11.3 Å². The van der Waals surface area contributed by atoms with Gasteiger partial charge in [0, 0.05) is 27.8 Å². The van der Waals surface area contributed by atoms with Gasteiger partial charge in [-0.25, -0.2) is 9.79 Å². The maximum atomic E-state index is 12.5. The van der Waals surface area contributed by atoms with Crippen molar-refractivity contribution in [2.75, 3.05) is 6.61 Å². The Morgan fingerprint density at radius 2 is 1.93 bits per heavy atom. The van der Waals surface area contributed by atoms with Crippen molar-refractivity contribution in [1.82, 2.24) is 0 Å². The van der Waals surface area contributed by atoms with Crippen molar-refractivity contribution < 1.29 is 18.9 Å². The second-order valence-corrected chi connectivity index (χ2v) is 7.29. The third-order valence-electron chi connectivity index (χ3n) is 4.35. The zero-order valence-corrected chi connectivity index (χ0v) is 16.7. The first kappa shape index (κ1) is 19.5. The Morgan fingerprint density at radius 3 is 2.67 bits per heavy atom. The molecule has 150 valence electrons. The van der Waals surface area contributed by atoms with E-state index in [0.29, 0.717) is 27.6 Å². The molecule has 2 heterocycles. The van der Waals surface area contributed by atoms with Crippen LogP contribution in [0.4, 0.5) is 10.7 Å². The smallest absolute Gasteiger partial charge is 0.341 e. The predicted octanol–water partition coefficient (Wildman–Crippen LogP) is 6.00. The Morgan fingerprint density at radius 1 is 1.17 bits per heavy atom. The van der Waals surface area contributed by atoms with Crippen LogP contribution in [0.5, 0.6) is 0 Å². The molecule has 0 saturated carbocycles. The van der Waals surface area contributed by atoms with Crippen LogP contribution in [0.3, 0.4) is 0 Å². The van der Waals surface area contributed by atoms with E-state index < -0.39 is 10.9 Å². The normalized spacial score (nSPS) is 11.2. The van der Waals surface area contributed by atoms with E-state index in [1.807, 2.05) is 24.3 Å². The van der Waals surface area contributed by atoms with Crippen LogP contribution >= 0.6 is 11.3 Å². The van der Waals surface area contributed by atoms with E-state index in [1.54, 1.807) is 37.4 Å². The lowest BCUT2D eigenvalue weighted by Gasteiger charge is -2.01. The largest absolute Gasteiger partial charge is 0.462 e. The molecular weight excluding hydrogens is 404 g/mol. The number of fused-ring (bicyclic) bond motifs is 1. The number of nitro benzene ring substituents is 1. The Hall–Kier alpha value is -3.78. The maximum Gasteiger partial charge on any atom is 0.341 e. The number of rotatable bonds is 6. The molecule has 0 saturated heterocycles. The van der Waals surface area contributed by atoms with Gasteiger partial charge in [0.25, 0.3) is 5.69 Å². The van der Waals surface area contributed by atoms with Crippen LogP contribution in [0.2, 0.25) is 0 Å². The van der Waals surface area contributed by atoms with Crippen molar-refractivity contribution in [2.24, 2.45) is 4.99 Å². The Bertz CT molecular complexity index is 1250. The molecule has 0 unspecified atom stereocenters. The van der Waals surface area contributed by atoms with Crippen molar-refractivity contribution in [3.05, 3.63) is 82.1 Å². The number of carbonyl (C=O) groups is 1. The van der Waals surface area contributed by atoms with Crippen molar-refractivity contribution in [2.45, 2.75) is 6.92 Å². The molecule has 0 radical (unpaired) electrons. The van der Waals surface area contributed by atoms with Crippen molar-refractivity contribution in [1.29, 1.82) is 0 Å². The van der Waals surface area contributed by atoms with Crippen LogP contribution in [0.15, 0.2) is 70.1 Å². The zero-order chi connectivity index (χ0) is 21.1. The number of esters is 1. The van der Waals surface area contributed by atoms with E-state index in [-0.39, 0.29) is 12.3 Å². The van der Waals surface area contributed by atoms with Gasteiger partial charge in [-0.3, -0.25) is 10.1 Å². The topological polar surface area (TPSA) is 94.9 Å². The number of non-ortho nitro benzene ring substituents is 1. The number of hydrogen-bond acceptors (Lipinski definition) is 7. The third kappa shape index (κ3) is 3.85. The number of nitrogens with zero attached hydrogens (tertiary/aromatic N) is 2. The fraction of sp³-hybridized carbons (Fsp3) is 0.0909. The van der Waals surface area contributed by atoms with Crippen LogP contribution in [0, 0.1) is 10.1 Å². The molecule has 2 aromatic heterocycles. The summed E-state index contributed by atoms with van der Waals surface area (Å²) in [6.07, 6.45) is 1.54. The quantitative estimate of drug-likeness (QED) is 0.165. The van der Waals surface area contributed by atoms with E-state index >= 15 is 0 Å². The van der Waals surface area contributed by atoms with Crippen LogP contribution in [-0.4, -0.2) is 23.7 Å². The maximum absolute atomic E-state index is 12.5. The van der Waals surface area contributed by atoms with Gasteiger partial charge in [0.2, 0.25) is 0 Å². The molecule has 4 aromatic rings. The standard InChI is InChI=1S/C22H16N2O5S/c1-2-28-22(25)20-17-5-3-4-6-19(17)30-21(20)23-13-16-11-12-18(29-16)14-7-9-15(10-8-14)24(26)27/h3-13H,2H2,1H3. The molecule has 0 fully saturated rings. The monoisotopic (exact) mass is 420 g/mol. The summed E-state index contributed by atoms with van der Waals surface area (Å²) >= 11 is 1.40. The Labute approximate surface area is 175 Å². The van der Waals surface area contributed by atoms with E-state index in [2.05, 4.69) is 4.99 Å². The second kappa shape index (κ2) is 8.30. The highest BCUT2D eigenvalue weighted by Crippen LogP contribution is 2.38. The van der Waals surface area contributed by atoms with Crippen LogP contribution < -0.4 is 0 Å². The average molecular weight is 420 g/mol. The number of ether oxygens (including phenoxy) is 1. The predicted molar refractivity (Wildman–Crippen MR) is 116 cm³/mol. The highest BCUT2D eigenvalue weighted by Gasteiger charge is 2.19. The molecule has 0 aliphatic rings. The molecule has 30 heavy (non-hydrogen) atoms. The molecule has 0 aliphatic carbocycles. The highest BCUT2D eigenvalue weighted by molar-refractivity contribution is 7.23. The molecule has 0 aliphatic heterocycles. The Balaban J connectivity index is 1.63. The molecule has 0 amide bonds. The van der Waals surface area contributed by atoms with Gasteiger partial charge in [-0.2, -0.15) is 0 Å². The first-order valence-corrected chi connectivity index (χ1v) is 9.96. The van der Waals surface area contributed by atoms with Crippen LogP contribution in [0.25, 0.3) is 21.4 Å². The summed E-state index contributed by atoms with van der Waals surface area (Å²) in [6.45, 7) is 2.04. The minimum absolute atomic E-state index is 0.0170. The molecule has 0 atom stereocenters. The lowest BCUT2D eigenvalue weighted by molar-refractivity contribution is -0.384. The van der Waals surface area contributed by atoms with Crippen molar-refractivity contribution in [3.63, 3.8) is 0 Å². The summed E-state index contributed by atoms with van der Waals surface area (Å²) in [6, 6.07) is 17.2. The second-order valence-electron chi connectivity index (χ2n) is 6.26. The van der Waals surface area contributed by atoms with Gasteiger partial charge in [0.1, 0.15) is 22.1 Å². The number of benzene rings is 2.